The second-order valence-electron chi connectivity index (χ2n) is 9.67. The van der Waals surface area contributed by atoms with Gasteiger partial charge in [-0.25, -0.2) is 9.67 Å². The van der Waals surface area contributed by atoms with Gasteiger partial charge in [-0.05, 0) is 56.6 Å². The zero-order chi connectivity index (χ0) is 24.2. The van der Waals surface area contributed by atoms with Gasteiger partial charge < -0.3 is 10.2 Å². The minimum Gasteiger partial charge on any atom is -0.350 e. The Kier molecular flexibility index (Phi) is 7.06. The molecule has 9 heteroatoms. The molecule has 1 aliphatic heterocycles. The first-order chi connectivity index (χ1) is 17.1. The van der Waals surface area contributed by atoms with E-state index in [0.29, 0.717) is 25.0 Å². The van der Waals surface area contributed by atoms with E-state index in [0.717, 1.165) is 41.4 Å². The molecule has 0 aliphatic carbocycles. The van der Waals surface area contributed by atoms with E-state index in [4.69, 9.17) is 9.97 Å². The fraction of sp³-hybridized carbons (Fsp3) is 0.462. The summed E-state index contributed by atoms with van der Waals surface area (Å²) < 4.78 is 3.72. The number of benzene rings is 1. The lowest BCUT2D eigenvalue weighted by Gasteiger charge is -2.21. The van der Waals surface area contributed by atoms with Gasteiger partial charge in [0.2, 0.25) is 5.95 Å². The van der Waals surface area contributed by atoms with Gasteiger partial charge in [-0.1, -0.05) is 32.0 Å². The molecule has 35 heavy (non-hydrogen) atoms. The number of hydrogen-bond acceptors (Lipinski definition) is 7. The van der Waals surface area contributed by atoms with Crippen molar-refractivity contribution in [3.63, 3.8) is 0 Å². The maximum absolute atomic E-state index is 4.93. The molecular formula is C26H35N9. The summed E-state index contributed by atoms with van der Waals surface area (Å²) in [5.74, 6) is 1.85. The molecule has 1 saturated heterocycles. The maximum atomic E-state index is 4.93. The van der Waals surface area contributed by atoms with Gasteiger partial charge in [-0.2, -0.15) is 19.7 Å². The third kappa shape index (κ3) is 5.36. The molecule has 1 aliphatic rings. The van der Waals surface area contributed by atoms with Crippen LogP contribution in [0.25, 0.3) is 11.3 Å². The predicted octanol–water partition coefficient (Wildman–Crippen LogP) is 3.57. The van der Waals surface area contributed by atoms with Crippen LogP contribution < -0.4 is 5.32 Å². The van der Waals surface area contributed by atoms with Gasteiger partial charge >= 0.3 is 0 Å². The Hall–Kier alpha value is -3.30. The Bertz CT molecular complexity index is 1240. The van der Waals surface area contributed by atoms with Crippen LogP contribution in [0, 0.1) is 0 Å². The summed E-state index contributed by atoms with van der Waals surface area (Å²) in [5, 5.41) is 12.6. The predicted molar refractivity (Wildman–Crippen MR) is 138 cm³/mol. The van der Waals surface area contributed by atoms with E-state index in [2.05, 4.69) is 58.3 Å². The number of likely N-dealkylation sites (N-methyl/N-ethyl adjacent to an activating group) is 1. The smallest absolute Gasteiger partial charge is 0.227 e. The Morgan fingerprint density at radius 1 is 1.06 bits per heavy atom. The van der Waals surface area contributed by atoms with Gasteiger partial charge in [0.15, 0.2) is 5.65 Å². The van der Waals surface area contributed by atoms with Gasteiger partial charge in [0, 0.05) is 37.6 Å². The summed E-state index contributed by atoms with van der Waals surface area (Å²) in [6.45, 7) is 10.2. The average Bonchev–Trinajstić information content (AvgIpc) is 3.63. The topological polar surface area (TPSA) is 79.4 Å². The van der Waals surface area contributed by atoms with Crippen LogP contribution in [0.3, 0.4) is 0 Å². The van der Waals surface area contributed by atoms with Crippen LogP contribution in [-0.4, -0.2) is 72.4 Å². The van der Waals surface area contributed by atoms with E-state index in [9.17, 15) is 0 Å². The normalized spacial score (nSPS) is 14.5. The quantitative estimate of drug-likeness (QED) is 0.377. The van der Waals surface area contributed by atoms with Crippen molar-refractivity contribution in [2.45, 2.75) is 45.7 Å². The lowest BCUT2D eigenvalue weighted by molar-refractivity contribution is 0.249. The Labute approximate surface area is 206 Å². The molecule has 0 saturated carbocycles. The van der Waals surface area contributed by atoms with Crippen molar-refractivity contribution in [3.8, 4) is 5.69 Å². The summed E-state index contributed by atoms with van der Waals surface area (Å²) in [5.41, 5.74) is 4.18. The molecule has 4 heterocycles. The molecule has 0 radical (unpaired) electrons. The number of nitrogens with zero attached hydrogens (tertiary/aromatic N) is 8. The third-order valence-corrected chi connectivity index (χ3v) is 6.65. The van der Waals surface area contributed by atoms with E-state index in [1.807, 2.05) is 39.8 Å². The maximum Gasteiger partial charge on any atom is 0.227 e. The first-order valence-corrected chi connectivity index (χ1v) is 12.6. The van der Waals surface area contributed by atoms with Crippen LogP contribution in [-0.2, 0) is 13.1 Å². The van der Waals surface area contributed by atoms with Crippen LogP contribution in [0.4, 0.5) is 5.95 Å². The standard InChI is InChI=1S/C26H35N9/c1-20(2)22-18-29-35-25(22)30-24(19-32(3)15-16-33-12-6-7-13-33)31-26(35)27-17-21-9-4-5-10-23(21)34-14-8-11-28-34/h4-5,8-11,14,18,20H,6-7,12-13,15-17,19H2,1-3H3,(H,27,30,31). The second-order valence-corrected chi connectivity index (χ2v) is 9.67. The number of likely N-dealkylation sites (tertiary alicyclic amines) is 1. The molecule has 1 N–H and O–H groups in total. The summed E-state index contributed by atoms with van der Waals surface area (Å²) in [6.07, 6.45) is 8.31. The van der Waals surface area contributed by atoms with Gasteiger partial charge in [0.25, 0.3) is 0 Å². The van der Waals surface area contributed by atoms with Crippen molar-refractivity contribution in [2.24, 2.45) is 0 Å². The first-order valence-electron chi connectivity index (χ1n) is 12.6. The van der Waals surface area contributed by atoms with Crippen LogP contribution in [0.15, 0.2) is 48.9 Å². The molecule has 3 aromatic heterocycles. The summed E-state index contributed by atoms with van der Waals surface area (Å²) in [4.78, 5) is 14.7. The molecular weight excluding hydrogens is 438 g/mol. The third-order valence-electron chi connectivity index (χ3n) is 6.65. The molecule has 0 unspecified atom stereocenters. The summed E-state index contributed by atoms with van der Waals surface area (Å²) >= 11 is 0. The number of nitrogens with one attached hydrogen (secondary N) is 1. The second kappa shape index (κ2) is 10.5. The molecule has 0 spiro atoms. The zero-order valence-corrected chi connectivity index (χ0v) is 20.9. The van der Waals surface area contributed by atoms with E-state index >= 15 is 0 Å². The zero-order valence-electron chi connectivity index (χ0n) is 20.9. The van der Waals surface area contributed by atoms with Crippen molar-refractivity contribution in [2.75, 3.05) is 38.5 Å². The summed E-state index contributed by atoms with van der Waals surface area (Å²) in [7, 11) is 2.15. The minimum atomic E-state index is 0.330. The van der Waals surface area contributed by atoms with Crippen LogP contribution >= 0.6 is 0 Å². The monoisotopic (exact) mass is 473 g/mol. The number of para-hydroxylation sites is 1. The number of fused-ring (bicyclic) bond motifs is 1. The molecule has 9 nitrogen and oxygen atoms in total. The Balaban J connectivity index is 1.38. The molecule has 1 fully saturated rings. The highest BCUT2D eigenvalue weighted by Crippen LogP contribution is 2.22. The molecule has 5 rings (SSSR count). The van der Waals surface area contributed by atoms with E-state index in [-0.39, 0.29) is 0 Å². The highest BCUT2D eigenvalue weighted by atomic mass is 15.4. The summed E-state index contributed by atoms with van der Waals surface area (Å²) in [6, 6.07) is 10.2. The van der Waals surface area contributed by atoms with Crippen molar-refractivity contribution in [1.29, 1.82) is 0 Å². The molecule has 0 atom stereocenters. The van der Waals surface area contributed by atoms with Gasteiger partial charge in [0.05, 0.1) is 18.4 Å². The largest absolute Gasteiger partial charge is 0.350 e. The number of hydrogen-bond donors (Lipinski definition) is 1. The average molecular weight is 474 g/mol. The molecule has 1 aromatic carbocycles. The van der Waals surface area contributed by atoms with Crippen LogP contribution in [0.5, 0.6) is 0 Å². The fourth-order valence-electron chi connectivity index (χ4n) is 4.64. The number of anilines is 1. The van der Waals surface area contributed by atoms with E-state index in [1.54, 1.807) is 6.20 Å². The van der Waals surface area contributed by atoms with Gasteiger partial charge in [0.1, 0.15) is 5.82 Å². The molecule has 0 bridgehead atoms. The first kappa shape index (κ1) is 23.4. The number of rotatable bonds is 10. The number of aromatic nitrogens is 6. The van der Waals surface area contributed by atoms with Crippen LogP contribution in [0.2, 0.25) is 0 Å². The van der Waals surface area contributed by atoms with E-state index < -0.39 is 0 Å². The molecule has 4 aromatic rings. The fourth-order valence-corrected chi connectivity index (χ4v) is 4.64. The Morgan fingerprint density at radius 2 is 1.89 bits per heavy atom. The lowest BCUT2D eigenvalue weighted by Crippen LogP contribution is -2.31. The van der Waals surface area contributed by atoms with Crippen molar-refractivity contribution >= 4 is 11.6 Å². The Morgan fingerprint density at radius 3 is 2.66 bits per heavy atom. The van der Waals surface area contributed by atoms with Crippen molar-refractivity contribution in [3.05, 3.63) is 65.9 Å². The highest BCUT2D eigenvalue weighted by molar-refractivity contribution is 5.53. The molecule has 0 amide bonds. The SMILES string of the molecule is CC(C)c1cnn2c(NCc3ccccc3-n3cccn3)nc(CN(C)CCN3CCCC3)nc12. The van der Waals surface area contributed by atoms with Crippen molar-refractivity contribution in [1.82, 2.24) is 39.2 Å². The van der Waals surface area contributed by atoms with Gasteiger partial charge in [-0.15, -0.1) is 0 Å². The lowest BCUT2D eigenvalue weighted by atomic mass is 10.1. The highest BCUT2D eigenvalue weighted by Gasteiger charge is 2.17. The minimum absolute atomic E-state index is 0.330. The van der Waals surface area contributed by atoms with E-state index in [1.165, 1.54) is 25.9 Å². The van der Waals surface area contributed by atoms with Gasteiger partial charge in [-0.3, -0.25) is 4.90 Å². The van der Waals surface area contributed by atoms with Crippen LogP contribution in [0.1, 0.15) is 49.6 Å². The molecule has 184 valence electrons. The van der Waals surface area contributed by atoms with Crippen molar-refractivity contribution < 1.29 is 0 Å².